The van der Waals surface area contributed by atoms with E-state index in [4.69, 9.17) is 5.11 Å². The summed E-state index contributed by atoms with van der Waals surface area (Å²) >= 11 is 0. The summed E-state index contributed by atoms with van der Waals surface area (Å²) in [4.78, 5) is 17.8. The zero-order valence-corrected chi connectivity index (χ0v) is 14.4. The zero-order valence-electron chi connectivity index (χ0n) is 14.4. The Morgan fingerprint density at radius 1 is 1.33 bits per heavy atom. The van der Waals surface area contributed by atoms with Gasteiger partial charge in [0.25, 0.3) is 0 Å². The molecule has 1 saturated heterocycles. The molecular weight excluding hydrogens is 302 g/mol. The van der Waals surface area contributed by atoms with Crippen molar-refractivity contribution in [1.29, 1.82) is 0 Å². The third-order valence-electron chi connectivity index (χ3n) is 4.82. The molecule has 5 nitrogen and oxygen atoms in total. The molecule has 1 N–H and O–H groups in total. The van der Waals surface area contributed by atoms with E-state index in [1.54, 1.807) is 12.1 Å². The maximum Gasteiger partial charge on any atom is 0.335 e. The third kappa shape index (κ3) is 3.67. The van der Waals surface area contributed by atoms with Crippen LogP contribution < -0.4 is 0 Å². The van der Waals surface area contributed by atoms with Gasteiger partial charge in [-0.3, -0.25) is 4.90 Å². The van der Waals surface area contributed by atoms with Crippen molar-refractivity contribution in [1.82, 2.24) is 14.5 Å². The van der Waals surface area contributed by atoms with Crippen molar-refractivity contribution in [2.24, 2.45) is 0 Å². The van der Waals surface area contributed by atoms with Crippen LogP contribution >= 0.6 is 0 Å². The Balaban J connectivity index is 1.68. The van der Waals surface area contributed by atoms with Crippen LogP contribution in [0, 0.1) is 0 Å². The van der Waals surface area contributed by atoms with Gasteiger partial charge in [-0.15, -0.1) is 0 Å². The lowest BCUT2D eigenvalue weighted by Crippen LogP contribution is -2.34. The fourth-order valence-electron chi connectivity index (χ4n) is 3.52. The molecule has 0 unspecified atom stereocenters. The minimum absolute atomic E-state index is 0.354. The fraction of sp³-hybridized carbons (Fsp3) is 0.474. The van der Waals surface area contributed by atoms with Crippen LogP contribution in [0.25, 0.3) is 0 Å². The molecule has 128 valence electrons. The van der Waals surface area contributed by atoms with E-state index in [1.807, 2.05) is 24.7 Å². The number of carboxylic acids is 1. The Morgan fingerprint density at radius 3 is 2.75 bits per heavy atom. The number of rotatable bonds is 5. The smallest absolute Gasteiger partial charge is 0.335 e. The topological polar surface area (TPSA) is 58.4 Å². The highest BCUT2D eigenvalue weighted by atomic mass is 16.4. The van der Waals surface area contributed by atoms with Crippen LogP contribution in [0.1, 0.15) is 60.3 Å². The van der Waals surface area contributed by atoms with Crippen molar-refractivity contribution >= 4 is 5.97 Å². The van der Waals surface area contributed by atoms with E-state index in [0.717, 1.165) is 26.1 Å². The first-order valence-corrected chi connectivity index (χ1v) is 8.61. The van der Waals surface area contributed by atoms with Crippen molar-refractivity contribution in [3.63, 3.8) is 0 Å². The van der Waals surface area contributed by atoms with Crippen LogP contribution in [-0.4, -0.2) is 38.6 Å². The SMILES string of the molecule is CC(C)n1cncc1CN1CCC[C@H](c2ccc(C(=O)O)cc2)C1. The van der Waals surface area contributed by atoms with Crippen molar-refractivity contribution in [3.8, 4) is 0 Å². The van der Waals surface area contributed by atoms with Gasteiger partial charge in [-0.1, -0.05) is 12.1 Å². The average Bonchev–Trinajstić information content (AvgIpc) is 3.03. The normalized spacial score (nSPS) is 18.9. The molecule has 0 radical (unpaired) electrons. The van der Waals surface area contributed by atoms with E-state index in [0.29, 0.717) is 17.5 Å². The van der Waals surface area contributed by atoms with Crippen LogP contribution in [0.5, 0.6) is 0 Å². The third-order valence-corrected chi connectivity index (χ3v) is 4.82. The molecule has 2 aromatic rings. The van der Waals surface area contributed by atoms with E-state index in [9.17, 15) is 4.79 Å². The van der Waals surface area contributed by atoms with E-state index in [-0.39, 0.29) is 0 Å². The molecule has 1 aliphatic rings. The Bertz CT molecular complexity index is 691. The van der Waals surface area contributed by atoms with Crippen LogP contribution in [0.4, 0.5) is 0 Å². The van der Waals surface area contributed by atoms with Gasteiger partial charge in [0.2, 0.25) is 0 Å². The number of aromatic nitrogens is 2. The highest BCUT2D eigenvalue weighted by molar-refractivity contribution is 5.87. The molecule has 0 spiro atoms. The number of carboxylic acid groups (broad SMARTS) is 1. The first-order valence-electron chi connectivity index (χ1n) is 8.61. The van der Waals surface area contributed by atoms with Crippen LogP contribution in [0.2, 0.25) is 0 Å². The molecule has 0 bridgehead atoms. The maximum absolute atomic E-state index is 11.0. The second kappa shape index (κ2) is 7.18. The number of imidazole rings is 1. The van der Waals surface area contributed by atoms with Gasteiger partial charge in [-0.2, -0.15) is 0 Å². The Morgan fingerprint density at radius 2 is 2.08 bits per heavy atom. The number of aromatic carboxylic acids is 1. The van der Waals surface area contributed by atoms with Crippen LogP contribution in [-0.2, 0) is 6.54 Å². The summed E-state index contributed by atoms with van der Waals surface area (Å²) in [5.74, 6) is -0.397. The molecule has 2 heterocycles. The van der Waals surface area contributed by atoms with E-state index >= 15 is 0 Å². The minimum Gasteiger partial charge on any atom is -0.478 e. The van der Waals surface area contributed by atoms with Crippen LogP contribution in [0.15, 0.2) is 36.8 Å². The van der Waals surface area contributed by atoms with Crippen molar-refractivity contribution < 1.29 is 9.90 Å². The predicted octanol–water partition coefficient (Wildman–Crippen LogP) is 3.54. The van der Waals surface area contributed by atoms with E-state index < -0.39 is 5.97 Å². The largest absolute Gasteiger partial charge is 0.478 e. The molecule has 24 heavy (non-hydrogen) atoms. The standard InChI is InChI=1S/C19H25N3O2/c1-14(2)22-13-20-10-18(22)12-21-9-3-4-17(11-21)15-5-7-16(8-6-15)19(23)24/h5-8,10,13-14,17H,3-4,9,11-12H2,1-2H3,(H,23,24)/t17-/m0/s1. The lowest BCUT2D eigenvalue weighted by molar-refractivity contribution is 0.0697. The summed E-state index contributed by atoms with van der Waals surface area (Å²) in [6.07, 6.45) is 6.20. The Hall–Kier alpha value is -2.14. The molecule has 1 fully saturated rings. The summed E-state index contributed by atoms with van der Waals surface area (Å²) in [6.45, 7) is 7.38. The maximum atomic E-state index is 11.0. The summed E-state index contributed by atoms with van der Waals surface area (Å²) in [6, 6.07) is 7.78. The van der Waals surface area contributed by atoms with Gasteiger partial charge in [-0.05, 0) is 56.8 Å². The molecule has 1 atom stereocenters. The first-order chi connectivity index (χ1) is 11.5. The molecule has 3 rings (SSSR count). The highest BCUT2D eigenvalue weighted by Crippen LogP contribution is 2.28. The summed E-state index contributed by atoms with van der Waals surface area (Å²) in [5, 5.41) is 9.03. The molecule has 0 aliphatic carbocycles. The van der Waals surface area contributed by atoms with Gasteiger partial charge < -0.3 is 9.67 Å². The molecule has 1 aliphatic heterocycles. The van der Waals surface area contributed by atoms with Gasteiger partial charge in [0.15, 0.2) is 0 Å². The molecule has 1 aromatic heterocycles. The monoisotopic (exact) mass is 327 g/mol. The highest BCUT2D eigenvalue weighted by Gasteiger charge is 2.22. The molecule has 1 aromatic carbocycles. The number of carbonyl (C=O) groups is 1. The number of hydrogen-bond donors (Lipinski definition) is 1. The molecule has 0 amide bonds. The second-order valence-electron chi connectivity index (χ2n) is 6.89. The Labute approximate surface area is 142 Å². The lowest BCUT2D eigenvalue weighted by atomic mass is 9.90. The second-order valence-corrected chi connectivity index (χ2v) is 6.89. The van der Waals surface area contributed by atoms with Gasteiger partial charge in [-0.25, -0.2) is 9.78 Å². The van der Waals surface area contributed by atoms with Crippen molar-refractivity contribution in [2.75, 3.05) is 13.1 Å². The molecule has 0 saturated carbocycles. The zero-order chi connectivity index (χ0) is 17.1. The predicted molar refractivity (Wildman–Crippen MR) is 93.3 cm³/mol. The Kier molecular flexibility index (Phi) is 5.00. The van der Waals surface area contributed by atoms with Gasteiger partial charge >= 0.3 is 5.97 Å². The number of nitrogens with zero attached hydrogens (tertiary/aromatic N) is 3. The number of hydrogen-bond acceptors (Lipinski definition) is 3. The average molecular weight is 327 g/mol. The quantitative estimate of drug-likeness (QED) is 0.912. The van der Waals surface area contributed by atoms with E-state index in [2.05, 4.69) is 28.3 Å². The summed E-state index contributed by atoms with van der Waals surface area (Å²) in [5.41, 5.74) is 2.85. The van der Waals surface area contributed by atoms with Crippen molar-refractivity contribution in [2.45, 2.75) is 45.2 Å². The van der Waals surface area contributed by atoms with Gasteiger partial charge in [0.1, 0.15) is 0 Å². The lowest BCUT2D eigenvalue weighted by Gasteiger charge is -2.33. The molecular formula is C19H25N3O2. The fourth-order valence-corrected chi connectivity index (χ4v) is 3.52. The first kappa shape index (κ1) is 16.7. The summed E-state index contributed by atoms with van der Waals surface area (Å²) in [7, 11) is 0. The van der Waals surface area contributed by atoms with Gasteiger partial charge in [0, 0.05) is 25.3 Å². The van der Waals surface area contributed by atoms with E-state index in [1.165, 1.54) is 17.7 Å². The summed E-state index contributed by atoms with van der Waals surface area (Å²) < 4.78 is 2.23. The van der Waals surface area contributed by atoms with Crippen LogP contribution in [0.3, 0.4) is 0 Å². The number of piperidine rings is 1. The molecule has 5 heteroatoms. The number of benzene rings is 1. The van der Waals surface area contributed by atoms with Gasteiger partial charge in [0.05, 0.1) is 17.6 Å². The van der Waals surface area contributed by atoms with Crippen molar-refractivity contribution in [3.05, 3.63) is 53.6 Å². The number of likely N-dealkylation sites (tertiary alicyclic amines) is 1. The minimum atomic E-state index is -0.867.